The molecular weight excluding hydrogens is 365 g/mol. The SMILES string of the molecule is Nc1scc(-c2ccc(Cl)c(Cl)c2)c1C(=O)NCc1ccncc1. The van der Waals surface area contributed by atoms with Gasteiger partial charge in [0.2, 0.25) is 0 Å². The van der Waals surface area contributed by atoms with Gasteiger partial charge in [-0.25, -0.2) is 0 Å². The van der Waals surface area contributed by atoms with Gasteiger partial charge in [-0.2, -0.15) is 0 Å². The Labute approximate surface area is 153 Å². The van der Waals surface area contributed by atoms with E-state index >= 15 is 0 Å². The molecule has 0 aliphatic rings. The Balaban J connectivity index is 1.86. The van der Waals surface area contributed by atoms with Crippen LogP contribution in [0.5, 0.6) is 0 Å². The van der Waals surface area contributed by atoms with Crippen molar-refractivity contribution in [1.29, 1.82) is 0 Å². The second kappa shape index (κ2) is 7.21. The second-order valence-corrected chi connectivity index (χ2v) is 6.78. The number of nitrogen functional groups attached to an aromatic ring is 1. The number of pyridine rings is 1. The average molecular weight is 378 g/mol. The fourth-order valence-corrected chi connectivity index (χ4v) is 3.37. The molecule has 3 aromatic rings. The van der Waals surface area contributed by atoms with Crippen molar-refractivity contribution in [2.45, 2.75) is 6.54 Å². The zero-order chi connectivity index (χ0) is 17.1. The molecule has 3 rings (SSSR count). The monoisotopic (exact) mass is 377 g/mol. The lowest BCUT2D eigenvalue weighted by molar-refractivity contribution is 0.0953. The Morgan fingerprint density at radius 1 is 1.17 bits per heavy atom. The fraction of sp³-hybridized carbons (Fsp3) is 0.0588. The highest BCUT2D eigenvalue weighted by atomic mass is 35.5. The lowest BCUT2D eigenvalue weighted by Gasteiger charge is -2.08. The summed E-state index contributed by atoms with van der Waals surface area (Å²) in [6, 6.07) is 8.93. The third-order valence-corrected chi connectivity index (χ3v) is 5.03. The topological polar surface area (TPSA) is 68.0 Å². The molecule has 4 nitrogen and oxygen atoms in total. The summed E-state index contributed by atoms with van der Waals surface area (Å²) >= 11 is 13.3. The Bertz CT molecular complexity index is 881. The molecule has 0 bridgehead atoms. The summed E-state index contributed by atoms with van der Waals surface area (Å²) in [6.07, 6.45) is 3.36. The molecule has 0 atom stereocenters. The van der Waals surface area contributed by atoms with Crippen LogP contribution < -0.4 is 11.1 Å². The molecule has 24 heavy (non-hydrogen) atoms. The molecule has 0 fully saturated rings. The first-order valence-corrected chi connectivity index (χ1v) is 8.69. The summed E-state index contributed by atoms with van der Waals surface area (Å²) in [4.78, 5) is 16.5. The number of nitrogens with zero attached hydrogens (tertiary/aromatic N) is 1. The van der Waals surface area contributed by atoms with Gasteiger partial charge in [0.05, 0.1) is 20.6 Å². The van der Waals surface area contributed by atoms with Gasteiger partial charge in [-0.15, -0.1) is 11.3 Å². The van der Waals surface area contributed by atoms with E-state index in [9.17, 15) is 4.79 Å². The van der Waals surface area contributed by atoms with Crippen LogP contribution in [0.1, 0.15) is 15.9 Å². The number of hydrogen-bond acceptors (Lipinski definition) is 4. The maximum Gasteiger partial charge on any atom is 0.255 e. The van der Waals surface area contributed by atoms with Crippen LogP contribution in [0.15, 0.2) is 48.1 Å². The van der Waals surface area contributed by atoms with E-state index in [0.717, 1.165) is 16.7 Å². The van der Waals surface area contributed by atoms with Crippen LogP contribution in [0.2, 0.25) is 10.0 Å². The van der Waals surface area contributed by atoms with E-state index in [1.165, 1.54) is 11.3 Å². The van der Waals surface area contributed by atoms with Gasteiger partial charge in [0, 0.05) is 29.9 Å². The van der Waals surface area contributed by atoms with Crippen molar-refractivity contribution in [3.8, 4) is 11.1 Å². The van der Waals surface area contributed by atoms with Gasteiger partial charge >= 0.3 is 0 Å². The number of benzene rings is 1. The smallest absolute Gasteiger partial charge is 0.255 e. The van der Waals surface area contributed by atoms with Crippen molar-refractivity contribution in [3.05, 3.63) is 69.3 Å². The van der Waals surface area contributed by atoms with Crippen molar-refractivity contribution in [2.75, 3.05) is 5.73 Å². The van der Waals surface area contributed by atoms with E-state index in [1.807, 2.05) is 23.6 Å². The first-order valence-electron chi connectivity index (χ1n) is 7.05. The van der Waals surface area contributed by atoms with Gasteiger partial charge in [-0.3, -0.25) is 9.78 Å². The summed E-state index contributed by atoms with van der Waals surface area (Å²) in [6.45, 7) is 0.400. The van der Waals surface area contributed by atoms with Gasteiger partial charge < -0.3 is 11.1 Å². The lowest BCUT2D eigenvalue weighted by atomic mass is 10.0. The van der Waals surface area contributed by atoms with Crippen molar-refractivity contribution in [3.63, 3.8) is 0 Å². The van der Waals surface area contributed by atoms with Gasteiger partial charge in [0.1, 0.15) is 0 Å². The summed E-state index contributed by atoms with van der Waals surface area (Å²) in [5, 5.41) is 6.08. The predicted molar refractivity (Wildman–Crippen MR) is 99.6 cm³/mol. The maximum atomic E-state index is 12.6. The molecule has 0 unspecified atom stereocenters. The van der Waals surface area contributed by atoms with Gasteiger partial charge in [0.15, 0.2) is 0 Å². The summed E-state index contributed by atoms with van der Waals surface area (Å²) in [7, 11) is 0. The van der Waals surface area contributed by atoms with Gasteiger partial charge in [0.25, 0.3) is 5.91 Å². The molecule has 3 N–H and O–H groups in total. The zero-order valence-corrected chi connectivity index (χ0v) is 14.8. The van der Waals surface area contributed by atoms with Crippen molar-refractivity contribution >= 4 is 45.4 Å². The number of nitrogens with one attached hydrogen (secondary N) is 1. The minimum absolute atomic E-state index is 0.230. The number of carbonyl (C=O) groups excluding carboxylic acids is 1. The van der Waals surface area contributed by atoms with Crippen molar-refractivity contribution < 1.29 is 4.79 Å². The van der Waals surface area contributed by atoms with Crippen LogP contribution in [0.4, 0.5) is 5.00 Å². The minimum Gasteiger partial charge on any atom is -0.390 e. The number of nitrogens with two attached hydrogens (primary N) is 1. The van der Waals surface area contributed by atoms with Crippen molar-refractivity contribution in [1.82, 2.24) is 10.3 Å². The highest BCUT2D eigenvalue weighted by molar-refractivity contribution is 7.15. The minimum atomic E-state index is -0.230. The molecule has 2 aromatic heterocycles. The molecule has 2 heterocycles. The standard InChI is InChI=1S/C17H13Cl2N3OS/c18-13-2-1-11(7-14(13)19)12-9-24-16(20)15(12)17(23)22-8-10-3-5-21-6-4-10/h1-7,9H,8,20H2,(H,22,23). The average Bonchev–Trinajstić information content (AvgIpc) is 2.98. The second-order valence-electron chi connectivity index (χ2n) is 5.06. The van der Waals surface area contributed by atoms with Crippen LogP contribution in [-0.2, 0) is 6.54 Å². The van der Waals surface area contributed by atoms with Crippen molar-refractivity contribution in [2.24, 2.45) is 0 Å². The van der Waals surface area contributed by atoms with E-state index < -0.39 is 0 Å². The quantitative estimate of drug-likeness (QED) is 0.696. The molecule has 0 spiro atoms. The first-order chi connectivity index (χ1) is 11.6. The van der Waals surface area contributed by atoms with Crippen LogP contribution in [0, 0.1) is 0 Å². The number of amides is 1. The molecule has 122 valence electrons. The normalized spacial score (nSPS) is 10.6. The number of hydrogen-bond donors (Lipinski definition) is 2. The Kier molecular flexibility index (Phi) is 5.04. The molecular formula is C17H13Cl2N3OS. The van der Waals surface area contributed by atoms with E-state index in [-0.39, 0.29) is 5.91 Å². The highest BCUT2D eigenvalue weighted by Gasteiger charge is 2.19. The highest BCUT2D eigenvalue weighted by Crippen LogP contribution is 2.36. The molecule has 0 aliphatic heterocycles. The molecule has 0 radical (unpaired) electrons. The third kappa shape index (κ3) is 3.53. The number of anilines is 1. The molecule has 0 aliphatic carbocycles. The van der Waals surface area contributed by atoms with Gasteiger partial charge in [-0.05, 0) is 35.4 Å². The Morgan fingerprint density at radius 2 is 1.92 bits per heavy atom. The van der Waals surface area contributed by atoms with Crippen LogP contribution >= 0.6 is 34.5 Å². The van der Waals surface area contributed by atoms with Crippen LogP contribution in [0.3, 0.4) is 0 Å². The molecule has 7 heteroatoms. The number of rotatable bonds is 4. The van der Waals surface area contributed by atoms with E-state index in [0.29, 0.717) is 27.2 Å². The third-order valence-electron chi connectivity index (χ3n) is 3.48. The predicted octanol–water partition coefficient (Wildman–Crippen LogP) is 4.63. The van der Waals surface area contributed by atoms with E-state index in [1.54, 1.807) is 24.5 Å². The summed E-state index contributed by atoms with van der Waals surface area (Å²) in [5.74, 6) is -0.230. The fourth-order valence-electron chi connectivity index (χ4n) is 2.25. The zero-order valence-electron chi connectivity index (χ0n) is 12.4. The molecule has 1 amide bonds. The largest absolute Gasteiger partial charge is 0.390 e. The number of carbonyl (C=O) groups is 1. The Hall–Kier alpha value is -2.08. The molecule has 0 saturated heterocycles. The molecule has 1 aromatic carbocycles. The lowest BCUT2D eigenvalue weighted by Crippen LogP contribution is -2.23. The number of thiophene rings is 1. The Morgan fingerprint density at radius 3 is 2.62 bits per heavy atom. The van der Waals surface area contributed by atoms with Gasteiger partial charge in [-0.1, -0.05) is 29.3 Å². The van der Waals surface area contributed by atoms with Crippen LogP contribution in [0.25, 0.3) is 11.1 Å². The first kappa shape index (κ1) is 16.8. The molecule has 0 saturated carbocycles. The summed E-state index contributed by atoms with van der Waals surface area (Å²) in [5.41, 5.74) is 8.95. The number of halogens is 2. The van der Waals surface area contributed by atoms with E-state index in [2.05, 4.69) is 10.3 Å². The summed E-state index contributed by atoms with van der Waals surface area (Å²) < 4.78 is 0. The van der Waals surface area contributed by atoms with Crippen LogP contribution in [-0.4, -0.2) is 10.9 Å². The maximum absolute atomic E-state index is 12.6. The van der Waals surface area contributed by atoms with E-state index in [4.69, 9.17) is 28.9 Å². The number of aromatic nitrogens is 1.